The minimum absolute atomic E-state index is 0.591. The van der Waals surface area contributed by atoms with Crippen LogP contribution < -0.4 is 24.8 Å². The molecule has 0 fully saturated rings. The second kappa shape index (κ2) is 8.46. The highest BCUT2D eigenvalue weighted by atomic mass is 35.5. The average Bonchev–Trinajstić information content (AvgIpc) is 2.68. The first-order valence-corrected chi connectivity index (χ1v) is 8.42. The lowest BCUT2D eigenvalue weighted by molar-refractivity contribution is 0.355. The van der Waals surface area contributed by atoms with Crippen molar-refractivity contribution in [3.8, 4) is 17.2 Å². The van der Waals surface area contributed by atoms with Crippen LogP contribution in [-0.4, -0.2) is 31.3 Å². The minimum Gasteiger partial charge on any atom is -0.495 e. The second-order valence-corrected chi connectivity index (χ2v) is 5.89. The summed E-state index contributed by atoms with van der Waals surface area (Å²) in [6.07, 6.45) is 1.46. The lowest BCUT2D eigenvalue weighted by Gasteiger charge is -2.13. The van der Waals surface area contributed by atoms with Crippen LogP contribution in [0.2, 0.25) is 5.02 Å². The molecule has 27 heavy (non-hydrogen) atoms. The minimum atomic E-state index is 0.591. The van der Waals surface area contributed by atoms with Gasteiger partial charge in [0.15, 0.2) is 11.5 Å². The smallest absolute Gasteiger partial charge is 0.162 e. The maximum Gasteiger partial charge on any atom is 0.162 e. The highest BCUT2D eigenvalue weighted by molar-refractivity contribution is 6.31. The maximum absolute atomic E-state index is 6.07. The number of methoxy groups -OCH3 is 3. The van der Waals surface area contributed by atoms with Gasteiger partial charge in [0.25, 0.3) is 0 Å². The Morgan fingerprint density at radius 2 is 1.41 bits per heavy atom. The van der Waals surface area contributed by atoms with E-state index in [0.29, 0.717) is 39.6 Å². The summed E-state index contributed by atoms with van der Waals surface area (Å²) in [6.45, 7) is 0. The van der Waals surface area contributed by atoms with Crippen LogP contribution in [0, 0.1) is 0 Å². The molecule has 0 amide bonds. The van der Waals surface area contributed by atoms with E-state index in [2.05, 4.69) is 20.6 Å². The van der Waals surface area contributed by atoms with Gasteiger partial charge in [0.1, 0.15) is 23.7 Å². The SMILES string of the molecule is COc1ccc(Cl)cc1Nc1cc(Nc2ccc(OC)c(OC)c2)ncn1. The van der Waals surface area contributed by atoms with E-state index in [1.54, 1.807) is 45.6 Å². The number of halogens is 1. The van der Waals surface area contributed by atoms with Crippen molar-refractivity contribution >= 4 is 34.6 Å². The number of hydrogen-bond donors (Lipinski definition) is 2. The summed E-state index contributed by atoms with van der Waals surface area (Å²) in [5.41, 5.74) is 1.51. The Morgan fingerprint density at radius 1 is 0.741 bits per heavy atom. The van der Waals surface area contributed by atoms with E-state index in [0.717, 1.165) is 5.69 Å². The Morgan fingerprint density at radius 3 is 2.11 bits per heavy atom. The summed E-state index contributed by atoms with van der Waals surface area (Å²) in [5.74, 6) is 3.14. The first kappa shape index (κ1) is 18.6. The van der Waals surface area contributed by atoms with Gasteiger partial charge < -0.3 is 24.8 Å². The van der Waals surface area contributed by atoms with Gasteiger partial charge in [-0.3, -0.25) is 0 Å². The molecule has 1 heterocycles. The molecule has 3 aromatic rings. The number of ether oxygens (including phenoxy) is 3. The summed E-state index contributed by atoms with van der Waals surface area (Å²) in [6, 6.07) is 12.6. The Labute approximate surface area is 162 Å². The predicted octanol–water partition coefficient (Wildman–Crippen LogP) is 4.64. The van der Waals surface area contributed by atoms with Gasteiger partial charge in [-0.2, -0.15) is 0 Å². The first-order chi connectivity index (χ1) is 13.1. The fourth-order valence-electron chi connectivity index (χ4n) is 2.47. The van der Waals surface area contributed by atoms with Crippen LogP contribution in [0.25, 0.3) is 0 Å². The molecule has 3 rings (SSSR count). The number of benzene rings is 2. The van der Waals surface area contributed by atoms with Gasteiger partial charge in [0, 0.05) is 22.8 Å². The van der Waals surface area contributed by atoms with Crippen LogP contribution in [0.4, 0.5) is 23.0 Å². The molecule has 0 bridgehead atoms. The van der Waals surface area contributed by atoms with Gasteiger partial charge in [0.2, 0.25) is 0 Å². The van der Waals surface area contributed by atoms with E-state index in [1.165, 1.54) is 6.33 Å². The highest BCUT2D eigenvalue weighted by Gasteiger charge is 2.08. The number of hydrogen-bond acceptors (Lipinski definition) is 7. The summed E-state index contributed by atoms with van der Waals surface area (Å²) >= 11 is 6.07. The van der Waals surface area contributed by atoms with E-state index in [-0.39, 0.29) is 0 Å². The topological polar surface area (TPSA) is 77.5 Å². The molecular formula is C19H19ClN4O3. The van der Waals surface area contributed by atoms with Crippen molar-refractivity contribution in [2.24, 2.45) is 0 Å². The number of anilines is 4. The summed E-state index contributed by atoms with van der Waals surface area (Å²) in [4.78, 5) is 8.48. The molecule has 2 N–H and O–H groups in total. The number of aromatic nitrogens is 2. The van der Waals surface area contributed by atoms with Crippen LogP contribution >= 0.6 is 11.6 Å². The van der Waals surface area contributed by atoms with E-state index in [1.807, 2.05) is 18.2 Å². The monoisotopic (exact) mass is 386 g/mol. The molecule has 0 aliphatic rings. The van der Waals surface area contributed by atoms with Crippen molar-refractivity contribution in [1.82, 2.24) is 9.97 Å². The molecule has 2 aromatic carbocycles. The molecule has 140 valence electrons. The Balaban J connectivity index is 1.81. The van der Waals surface area contributed by atoms with Gasteiger partial charge in [0.05, 0.1) is 27.0 Å². The van der Waals surface area contributed by atoms with Gasteiger partial charge in [-0.1, -0.05) is 11.6 Å². The largest absolute Gasteiger partial charge is 0.495 e. The average molecular weight is 387 g/mol. The zero-order valence-corrected chi connectivity index (χ0v) is 15.9. The van der Waals surface area contributed by atoms with Crippen LogP contribution in [0.5, 0.6) is 17.2 Å². The van der Waals surface area contributed by atoms with Crippen LogP contribution in [0.1, 0.15) is 0 Å². The van der Waals surface area contributed by atoms with Crippen molar-refractivity contribution in [2.45, 2.75) is 0 Å². The van der Waals surface area contributed by atoms with E-state index < -0.39 is 0 Å². The second-order valence-electron chi connectivity index (χ2n) is 5.45. The van der Waals surface area contributed by atoms with E-state index in [4.69, 9.17) is 25.8 Å². The molecule has 0 saturated heterocycles. The van der Waals surface area contributed by atoms with Crippen molar-refractivity contribution in [3.63, 3.8) is 0 Å². The predicted molar refractivity (Wildman–Crippen MR) is 106 cm³/mol. The summed E-state index contributed by atoms with van der Waals surface area (Å²) in [5, 5.41) is 6.99. The van der Waals surface area contributed by atoms with Crippen molar-refractivity contribution < 1.29 is 14.2 Å². The molecule has 1 aromatic heterocycles. The molecular weight excluding hydrogens is 368 g/mol. The van der Waals surface area contributed by atoms with Gasteiger partial charge in [-0.05, 0) is 30.3 Å². The molecule has 0 saturated carbocycles. The fraction of sp³-hybridized carbons (Fsp3) is 0.158. The van der Waals surface area contributed by atoms with Crippen molar-refractivity contribution in [1.29, 1.82) is 0 Å². The summed E-state index contributed by atoms with van der Waals surface area (Å²) in [7, 11) is 4.78. The Bertz CT molecular complexity index is 937. The maximum atomic E-state index is 6.07. The van der Waals surface area contributed by atoms with Gasteiger partial charge in [-0.15, -0.1) is 0 Å². The molecule has 8 heteroatoms. The van der Waals surface area contributed by atoms with Crippen LogP contribution in [-0.2, 0) is 0 Å². The van der Waals surface area contributed by atoms with Crippen molar-refractivity contribution in [2.75, 3.05) is 32.0 Å². The molecule has 7 nitrogen and oxygen atoms in total. The van der Waals surface area contributed by atoms with Gasteiger partial charge in [-0.25, -0.2) is 9.97 Å². The lowest BCUT2D eigenvalue weighted by Crippen LogP contribution is -2.00. The first-order valence-electron chi connectivity index (χ1n) is 8.04. The summed E-state index contributed by atoms with van der Waals surface area (Å²) < 4.78 is 15.9. The molecule has 0 atom stereocenters. The standard InChI is InChI=1S/C19H19ClN4O3/c1-25-15-6-4-12(20)8-14(15)24-19-10-18(21-11-22-19)23-13-5-7-16(26-2)17(9-13)27-3/h4-11H,1-3H3,(H2,21,22,23,24). The van der Waals surface area contributed by atoms with E-state index in [9.17, 15) is 0 Å². The zero-order chi connectivity index (χ0) is 19.2. The third-order valence-corrected chi connectivity index (χ3v) is 3.98. The van der Waals surface area contributed by atoms with Crippen molar-refractivity contribution in [3.05, 3.63) is 53.8 Å². The molecule has 0 unspecified atom stereocenters. The third kappa shape index (κ3) is 4.51. The molecule has 0 aliphatic carbocycles. The fourth-order valence-corrected chi connectivity index (χ4v) is 2.64. The highest BCUT2D eigenvalue weighted by Crippen LogP contribution is 2.32. The zero-order valence-electron chi connectivity index (χ0n) is 15.1. The van der Waals surface area contributed by atoms with Gasteiger partial charge >= 0.3 is 0 Å². The Kier molecular flexibility index (Phi) is 5.83. The molecule has 0 radical (unpaired) electrons. The normalized spacial score (nSPS) is 10.2. The molecule has 0 spiro atoms. The number of nitrogens with zero attached hydrogens (tertiary/aromatic N) is 2. The number of nitrogens with one attached hydrogen (secondary N) is 2. The molecule has 0 aliphatic heterocycles. The van der Waals surface area contributed by atoms with E-state index >= 15 is 0 Å². The van der Waals surface area contributed by atoms with Crippen LogP contribution in [0.15, 0.2) is 48.8 Å². The van der Waals surface area contributed by atoms with Crippen LogP contribution in [0.3, 0.4) is 0 Å². The third-order valence-electron chi connectivity index (χ3n) is 3.75. The number of rotatable bonds is 7. The Hall–Kier alpha value is -3.19. The lowest BCUT2D eigenvalue weighted by atomic mass is 10.2. The quantitative estimate of drug-likeness (QED) is 0.612.